The molecule has 6 heteroatoms. The van der Waals surface area contributed by atoms with Gasteiger partial charge in [-0.15, -0.1) is 5.10 Å². The van der Waals surface area contributed by atoms with Crippen LogP contribution in [0.3, 0.4) is 0 Å². The first-order chi connectivity index (χ1) is 9.29. The fourth-order valence-corrected chi connectivity index (χ4v) is 1.77. The molecule has 1 aromatic carbocycles. The smallest absolute Gasteiger partial charge is 0.382 e. The first kappa shape index (κ1) is 14.3. The van der Waals surface area contributed by atoms with Crippen molar-refractivity contribution in [3.8, 4) is 11.1 Å². The summed E-state index contributed by atoms with van der Waals surface area (Å²) in [6.07, 6.45) is -4.34. The molecule has 0 amide bonds. The lowest BCUT2D eigenvalue weighted by Crippen LogP contribution is -2.05. The Hall–Kier alpha value is -2.11. The maximum absolute atomic E-state index is 12.5. The summed E-state index contributed by atoms with van der Waals surface area (Å²) in [5.41, 5.74) is 6.99. The number of anilines is 1. The Morgan fingerprint density at radius 2 is 1.65 bits per heavy atom. The minimum absolute atomic E-state index is 0.163. The van der Waals surface area contributed by atoms with Gasteiger partial charge in [-0.1, -0.05) is 26.0 Å². The van der Waals surface area contributed by atoms with Crippen LogP contribution < -0.4 is 5.73 Å². The van der Waals surface area contributed by atoms with Crippen LogP contribution in [-0.2, 0) is 6.18 Å². The van der Waals surface area contributed by atoms with Gasteiger partial charge in [0, 0.05) is 5.56 Å². The van der Waals surface area contributed by atoms with E-state index in [1.807, 2.05) is 13.8 Å². The summed E-state index contributed by atoms with van der Waals surface area (Å²) in [5, 5.41) is 7.82. The molecule has 0 bridgehead atoms. The summed E-state index contributed by atoms with van der Waals surface area (Å²) in [7, 11) is 0. The number of hydrogen-bond donors (Lipinski definition) is 1. The molecule has 106 valence electrons. The largest absolute Gasteiger partial charge is 0.416 e. The van der Waals surface area contributed by atoms with E-state index >= 15 is 0 Å². The van der Waals surface area contributed by atoms with Crippen LogP contribution in [-0.4, -0.2) is 10.2 Å². The van der Waals surface area contributed by atoms with Crippen LogP contribution in [0.5, 0.6) is 0 Å². The SMILES string of the molecule is CC(C)c1cc(-c2ccc(C(F)(F)F)cc2)c(N)nn1. The molecule has 0 radical (unpaired) electrons. The van der Waals surface area contributed by atoms with Crippen molar-refractivity contribution in [2.24, 2.45) is 0 Å². The second-order valence-corrected chi connectivity index (χ2v) is 4.80. The molecule has 2 aromatic rings. The van der Waals surface area contributed by atoms with Crippen LogP contribution in [0.4, 0.5) is 19.0 Å². The van der Waals surface area contributed by atoms with Crippen molar-refractivity contribution in [1.82, 2.24) is 10.2 Å². The lowest BCUT2D eigenvalue weighted by Gasteiger charge is -2.10. The highest BCUT2D eigenvalue weighted by atomic mass is 19.4. The molecule has 0 spiro atoms. The molecule has 0 unspecified atom stereocenters. The zero-order valence-electron chi connectivity index (χ0n) is 11.1. The molecule has 1 aromatic heterocycles. The van der Waals surface area contributed by atoms with Crippen molar-refractivity contribution >= 4 is 5.82 Å². The fourth-order valence-electron chi connectivity index (χ4n) is 1.77. The second-order valence-electron chi connectivity index (χ2n) is 4.80. The highest BCUT2D eigenvalue weighted by Gasteiger charge is 2.30. The third-order valence-corrected chi connectivity index (χ3v) is 2.96. The molecular weight excluding hydrogens is 267 g/mol. The lowest BCUT2D eigenvalue weighted by molar-refractivity contribution is -0.137. The first-order valence-electron chi connectivity index (χ1n) is 6.09. The molecule has 0 aliphatic carbocycles. The molecule has 0 atom stereocenters. The predicted octanol–water partition coefficient (Wildman–Crippen LogP) is 3.87. The van der Waals surface area contributed by atoms with E-state index in [0.717, 1.165) is 17.8 Å². The van der Waals surface area contributed by atoms with E-state index < -0.39 is 11.7 Å². The van der Waals surface area contributed by atoms with E-state index in [9.17, 15) is 13.2 Å². The summed E-state index contributed by atoms with van der Waals surface area (Å²) in [5.74, 6) is 0.366. The van der Waals surface area contributed by atoms with Gasteiger partial charge in [-0.05, 0) is 29.7 Å². The maximum atomic E-state index is 12.5. The average molecular weight is 281 g/mol. The van der Waals surface area contributed by atoms with E-state index in [1.165, 1.54) is 12.1 Å². The zero-order chi connectivity index (χ0) is 14.9. The molecule has 0 saturated carbocycles. The Kier molecular flexibility index (Phi) is 3.65. The highest BCUT2D eigenvalue weighted by Crippen LogP contribution is 2.32. The maximum Gasteiger partial charge on any atom is 0.416 e. The van der Waals surface area contributed by atoms with Crippen LogP contribution >= 0.6 is 0 Å². The third kappa shape index (κ3) is 2.89. The molecule has 0 saturated heterocycles. The number of nitrogens with zero attached hydrogens (tertiary/aromatic N) is 2. The number of rotatable bonds is 2. The van der Waals surface area contributed by atoms with E-state index in [-0.39, 0.29) is 11.7 Å². The second kappa shape index (κ2) is 5.11. The van der Waals surface area contributed by atoms with Crippen molar-refractivity contribution < 1.29 is 13.2 Å². The number of hydrogen-bond acceptors (Lipinski definition) is 3. The number of aromatic nitrogens is 2. The summed E-state index contributed by atoms with van der Waals surface area (Å²) in [6.45, 7) is 3.91. The van der Waals surface area contributed by atoms with Crippen molar-refractivity contribution in [2.45, 2.75) is 25.9 Å². The predicted molar refractivity (Wildman–Crippen MR) is 71.0 cm³/mol. The fraction of sp³-hybridized carbons (Fsp3) is 0.286. The molecule has 3 nitrogen and oxygen atoms in total. The number of nitrogens with two attached hydrogens (primary N) is 1. The summed E-state index contributed by atoms with van der Waals surface area (Å²) >= 11 is 0. The van der Waals surface area contributed by atoms with Gasteiger partial charge in [0.25, 0.3) is 0 Å². The quantitative estimate of drug-likeness (QED) is 0.909. The van der Waals surface area contributed by atoms with Gasteiger partial charge in [0.1, 0.15) is 0 Å². The van der Waals surface area contributed by atoms with Crippen LogP contribution in [0.2, 0.25) is 0 Å². The Balaban J connectivity index is 2.44. The molecule has 2 N–H and O–H groups in total. The van der Waals surface area contributed by atoms with Gasteiger partial charge < -0.3 is 5.73 Å². The number of halogens is 3. The normalized spacial score (nSPS) is 11.9. The van der Waals surface area contributed by atoms with Crippen molar-refractivity contribution in [2.75, 3.05) is 5.73 Å². The molecule has 1 heterocycles. The van der Waals surface area contributed by atoms with Crippen LogP contribution in [0.1, 0.15) is 31.0 Å². The molecule has 2 rings (SSSR count). The topological polar surface area (TPSA) is 51.8 Å². The minimum Gasteiger partial charge on any atom is -0.382 e. The van der Waals surface area contributed by atoms with E-state index in [4.69, 9.17) is 5.73 Å². The number of alkyl halides is 3. The molecule has 20 heavy (non-hydrogen) atoms. The Bertz CT molecular complexity index is 604. The third-order valence-electron chi connectivity index (χ3n) is 2.96. The van der Waals surface area contributed by atoms with Crippen LogP contribution in [0, 0.1) is 0 Å². The van der Waals surface area contributed by atoms with Crippen molar-refractivity contribution in [3.05, 3.63) is 41.6 Å². The monoisotopic (exact) mass is 281 g/mol. The first-order valence-corrected chi connectivity index (χ1v) is 6.09. The van der Waals surface area contributed by atoms with Gasteiger partial charge in [-0.3, -0.25) is 0 Å². The molecule has 0 aliphatic rings. The summed E-state index contributed by atoms with van der Waals surface area (Å²) in [6, 6.07) is 6.60. The van der Waals surface area contributed by atoms with Crippen molar-refractivity contribution in [3.63, 3.8) is 0 Å². The standard InChI is InChI=1S/C14H14F3N3/c1-8(2)12-7-11(13(18)20-19-12)9-3-5-10(6-4-9)14(15,16)17/h3-8H,1-2H3,(H2,18,20). The van der Waals surface area contributed by atoms with Gasteiger partial charge >= 0.3 is 6.18 Å². The van der Waals surface area contributed by atoms with Gasteiger partial charge in [-0.2, -0.15) is 18.3 Å². The summed E-state index contributed by atoms with van der Waals surface area (Å²) in [4.78, 5) is 0. The van der Waals surface area contributed by atoms with Gasteiger partial charge in [0.2, 0.25) is 0 Å². The number of nitrogen functional groups attached to an aromatic ring is 1. The molecule has 0 aliphatic heterocycles. The molecule has 0 fully saturated rings. The summed E-state index contributed by atoms with van der Waals surface area (Å²) < 4.78 is 37.6. The lowest BCUT2D eigenvalue weighted by atomic mass is 10.0. The van der Waals surface area contributed by atoms with Crippen LogP contribution in [0.15, 0.2) is 30.3 Å². The van der Waals surface area contributed by atoms with Gasteiger partial charge in [0.15, 0.2) is 5.82 Å². The van der Waals surface area contributed by atoms with E-state index in [0.29, 0.717) is 11.1 Å². The highest BCUT2D eigenvalue weighted by molar-refractivity contribution is 5.73. The Labute approximate surface area is 114 Å². The molecular formula is C14H14F3N3. The minimum atomic E-state index is -4.34. The van der Waals surface area contributed by atoms with E-state index in [1.54, 1.807) is 6.07 Å². The van der Waals surface area contributed by atoms with Crippen LogP contribution in [0.25, 0.3) is 11.1 Å². The Morgan fingerprint density at radius 1 is 1.05 bits per heavy atom. The van der Waals surface area contributed by atoms with Gasteiger partial charge in [0.05, 0.1) is 11.3 Å². The van der Waals surface area contributed by atoms with E-state index in [2.05, 4.69) is 10.2 Å². The zero-order valence-corrected chi connectivity index (χ0v) is 11.1. The van der Waals surface area contributed by atoms with Crippen molar-refractivity contribution in [1.29, 1.82) is 0 Å². The Morgan fingerprint density at radius 3 is 2.15 bits per heavy atom. The number of benzene rings is 1. The van der Waals surface area contributed by atoms with Gasteiger partial charge in [-0.25, -0.2) is 0 Å². The average Bonchev–Trinajstić information content (AvgIpc) is 2.38.